The third kappa shape index (κ3) is 5.47. The number of rotatable bonds is 7. The second-order valence-electron chi connectivity index (χ2n) is 8.04. The van der Waals surface area contributed by atoms with E-state index >= 15 is 0 Å². The molecule has 0 bridgehead atoms. The monoisotopic (exact) mass is 386 g/mol. The number of hydrogen-bond donors (Lipinski definition) is 2. The molecule has 7 nitrogen and oxygen atoms in total. The third-order valence-electron chi connectivity index (χ3n) is 5.17. The first-order valence-electron chi connectivity index (χ1n) is 10.1. The van der Waals surface area contributed by atoms with Crippen molar-refractivity contribution in [3.63, 3.8) is 0 Å². The van der Waals surface area contributed by atoms with Gasteiger partial charge in [0.2, 0.25) is 5.91 Å². The summed E-state index contributed by atoms with van der Waals surface area (Å²) in [6, 6.07) is 7.60. The molecule has 1 saturated carbocycles. The maximum atomic E-state index is 12.5. The molecule has 4 amide bonds. The van der Waals surface area contributed by atoms with E-state index in [1.54, 1.807) is 17.0 Å². The van der Waals surface area contributed by atoms with Crippen molar-refractivity contribution >= 4 is 17.8 Å². The van der Waals surface area contributed by atoms with Crippen LogP contribution in [0.2, 0.25) is 0 Å². The number of carbonyl (C=O) groups is 3. The highest BCUT2D eigenvalue weighted by molar-refractivity contribution is 5.97. The fourth-order valence-electron chi connectivity index (χ4n) is 3.27. The van der Waals surface area contributed by atoms with Gasteiger partial charge in [-0.05, 0) is 42.9 Å². The standard InChI is InChI=1S/C21H30N4O3/c1-15(2)9-11-25(18-7-8-18)21(28)23-13-16-3-5-17(6-4-16)20(27)24-12-10-22-19(26)14-24/h3-6,15,18H,7-14H2,1-2H3,(H,22,26)(H,23,28). The normalized spacial score (nSPS) is 16.7. The van der Waals surface area contributed by atoms with E-state index in [9.17, 15) is 14.4 Å². The molecule has 1 saturated heterocycles. The highest BCUT2D eigenvalue weighted by Gasteiger charge is 2.32. The van der Waals surface area contributed by atoms with Crippen LogP contribution in [0.25, 0.3) is 0 Å². The Balaban J connectivity index is 1.51. The predicted molar refractivity (Wildman–Crippen MR) is 107 cm³/mol. The molecule has 1 aromatic carbocycles. The van der Waals surface area contributed by atoms with Crippen molar-refractivity contribution in [2.24, 2.45) is 5.92 Å². The van der Waals surface area contributed by atoms with E-state index in [0.29, 0.717) is 37.2 Å². The summed E-state index contributed by atoms with van der Waals surface area (Å²) in [5.74, 6) is 0.306. The van der Waals surface area contributed by atoms with Gasteiger partial charge in [0, 0.05) is 37.8 Å². The quantitative estimate of drug-likeness (QED) is 0.752. The van der Waals surface area contributed by atoms with Gasteiger partial charge in [-0.2, -0.15) is 0 Å². The zero-order valence-corrected chi connectivity index (χ0v) is 16.7. The van der Waals surface area contributed by atoms with Gasteiger partial charge in [0.15, 0.2) is 0 Å². The zero-order chi connectivity index (χ0) is 20.1. The first-order valence-corrected chi connectivity index (χ1v) is 10.1. The summed E-state index contributed by atoms with van der Waals surface area (Å²) < 4.78 is 0. The molecule has 2 aliphatic rings. The van der Waals surface area contributed by atoms with Gasteiger partial charge >= 0.3 is 6.03 Å². The Morgan fingerprint density at radius 3 is 2.57 bits per heavy atom. The summed E-state index contributed by atoms with van der Waals surface area (Å²) in [5, 5.41) is 5.71. The van der Waals surface area contributed by atoms with E-state index in [1.807, 2.05) is 17.0 Å². The number of carbonyl (C=O) groups excluding carboxylic acids is 3. The van der Waals surface area contributed by atoms with Gasteiger partial charge < -0.3 is 20.4 Å². The highest BCUT2D eigenvalue weighted by Crippen LogP contribution is 2.27. The van der Waals surface area contributed by atoms with Crippen LogP contribution in [0.1, 0.15) is 49.0 Å². The number of nitrogens with zero attached hydrogens (tertiary/aromatic N) is 2. The summed E-state index contributed by atoms with van der Waals surface area (Å²) in [7, 11) is 0. The fourth-order valence-corrected chi connectivity index (χ4v) is 3.27. The van der Waals surface area contributed by atoms with Crippen molar-refractivity contribution < 1.29 is 14.4 Å². The largest absolute Gasteiger partial charge is 0.353 e. The first-order chi connectivity index (χ1) is 13.4. The number of nitrogens with one attached hydrogen (secondary N) is 2. The van der Waals surface area contributed by atoms with Crippen molar-refractivity contribution in [2.45, 2.75) is 45.7 Å². The van der Waals surface area contributed by atoms with Crippen LogP contribution in [0.5, 0.6) is 0 Å². The molecule has 0 radical (unpaired) electrons. The molecule has 1 aliphatic heterocycles. The van der Waals surface area contributed by atoms with Crippen LogP contribution in [0.15, 0.2) is 24.3 Å². The first kappa shape index (κ1) is 20.2. The van der Waals surface area contributed by atoms with Gasteiger partial charge in [-0.15, -0.1) is 0 Å². The van der Waals surface area contributed by atoms with E-state index in [-0.39, 0.29) is 24.4 Å². The van der Waals surface area contributed by atoms with E-state index < -0.39 is 0 Å². The molecule has 28 heavy (non-hydrogen) atoms. The molecule has 0 atom stereocenters. The van der Waals surface area contributed by atoms with Crippen LogP contribution >= 0.6 is 0 Å². The topological polar surface area (TPSA) is 81.8 Å². The average molecular weight is 386 g/mol. The van der Waals surface area contributed by atoms with Crippen molar-refractivity contribution in [3.8, 4) is 0 Å². The van der Waals surface area contributed by atoms with E-state index in [2.05, 4.69) is 24.5 Å². The summed E-state index contributed by atoms with van der Waals surface area (Å²) >= 11 is 0. The van der Waals surface area contributed by atoms with E-state index in [0.717, 1.165) is 31.4 Å². The second-order valence-corrected chi connectivity index (χ2v) is 8.04. The SMILES string of the molecule is CC(C)CCN(C(=O)NCc1ccc(C(=O)N2CCNC(=O)C2)cc1)C1CC1. The van der Waals surface area contributed by atoms with Gasteiger partial charge in [-0.1, -0.05) is 26.0 Å². The van der Waals surface area contributed by atoms with Gasteiger partial charge in [-0.3, -0.25) is 9.59 Å². The summed E-state index contributed by atoms with van der Waals surface area (Å²) in [6.45, 7) is 6.68. The summed E-state index contributed by atoms with van der Waals surface area (Å²) in [5.41, 5.74) is 1.50. The fraction of sp³-hybridized carbons (Fsp3) is 0.571. The lowest BCUT2D eigenvalue weighted by atomic mass is 10.1. The Morgan fingerprint density at radius 2 is 1.96 bits per heavy atom. The van der Waals surface area contributed by atoms with Crippen LogP contribution in [-0.2, 0) is 11.3 Å². The van der Waals surface area contributed by atoms with E-state index in [4.69, 9.17) is 0 Å². The molecule has 3 rings (SSSR count). The van der Waals surface area contributed by atoms with Crippen LogP contribution < -0.4 is 10.6 Å². The Morgan fingerprint density at radius 1 is 1.25 bits per heavy atom. The summed E-state index contributed by atoms with van der Waals surface area (Å²) in [6.07, 6.45) is 3.20. The number of hydrogen-bond acceptors (Lipinski definition) is 3. The molecule has 0 aromatic heterocycles. The Bertz CT molecular complexity index is 713. The van der Waals surface area contributed by atoms with Gasteiger partial charge in [0.25, 0.3) is 5.91 Å². The number of piperazine rings is 1. The predicted octanol–water partition coefficient (Wildman–Crippen LogP) is 1.98. The van der Waals surface area contributed by atoms with Crippen molar-refractivity contribution in [1.29, 1.82) is 0 Å². The summed E-state index contributed by atoms with van der Waals surface area (Å²) in [4.78, 5) is 40.0. The Labute approximate surface area is 166 Å². The highest BCUT2D eigenvalue weighted by atomic mass is 16.2. The molecule has 1 aliphatic carbocycles. The molecule has 7 heteroatoms. The maximum absolute atomic E-state index is 12.5. The van der Waals surface area contributed by atoms with Crippen LogP contribution in [-0.4, -0.2) is 59.9 Å². The number of benzene rings is 1. The van der Waals surface area contributed by atoms with Crippen LogP contribution in [0, 0.1) is 5.92 Å². The number of amides is 4. The smallest absolute Gasteiger partial charge is 0.317 e. The minimum absolute atomic E-state index is 0.0115. The number of urea groups is 1. The van der Waals surface area contributed by atoms with Gasteiger partial charge in [0.05, 0.1) is 6.54 Å². The molecule has 152 valence electrons. The lowest BCUT2D eigenvalue weighted by molar-refractivity contribution is -0.123. The second kappa shape index (κ2) is 9.08. The maximum Gasteiger partial charge on any atom is 0.317 e. The average Bonchev–Trinajstić information content (AvgIpc) is 3.51. The van der Waals surface area contributed by atoms with Crippen molar-refractivity contribution in [3.05, 3.63) is 35.4 Å². The Hall–Kier alpha value is -2.57. The van der Waals surface area contributed by atoms with Crippen molar-refractivity contribution in [1.82, 2.24) is 20.4 Å². The van der Waals surface area contributed by atoms with Crippen LogP contribution in [0.4, 0.5) is 4.79 Å². The molecular weight excluding hydrogens is 356 g/mol. The minimum atomic E-state index is -0.140. The molecule has 1 aromatic rings. The lowest BCUT2D eigenvalue weighted by Gasteiger charge is -2.26. The van der Waals surface area contributed by atoms with Gasteiger partial charge in [0.1, 0.15) is 0 Å². The Kier molecular flexibility index (Phi) is 6.54. The molecule has 0 spiro atoms. The van der Waals surface area contributed by atoms with Crippen molar-refractivity contribution in [2.75, 3.05) is 26.2 Å². The minimum Gasteiger partial charge on any atom is -0.353 e. The lowest BCUT2D eigenvalue weighted by Crippen LogP contribution is -2.49. The molecule has 2 fully saturated rings. The zero-order valence-electron chi connectivity index (χ0n) is 16.7. The molecule has 1 heterocycles. The molecule has 2 N–H and O–H groups in total. The van der Waals surface area contributed by atoms with E-state index in [1.165, 1.54) is 0 Å². The molecule has 0 unspecified atom stereocenters. The third-order valence-corrected chi connectivity index (χ3v) is 5.17. The van der Waals surface area contributed by atoms with Gasteiger partial charge in [-0.25, -0.2) is 4.79 Å². The van der Waals surface area contributed by atoms with Crippen LogP contribution in [0.3, 0.4) is 0 Å². The molecular formula is C21H30N4O3.